The number of unbranched alkanes of at least 4 members (excludes halogenated alkanes) is 2. The fourth-order valence-corrected chi connectivity index (χ4v) is 1.79. The number of hydrogen-bond donors (Lipinski definition) is 2. The van der Waals surface area contributed by atoms with Crippen LogP contribution in [0.1, 0.15) is 52.9 Å². The van der Waals surface area contributed by atoms with E-state index in [4.69, 9.17) is 0 Å². The first kappa shape index (κ1) is 21.4. The maximum absolute atomic E-state index is 11.4. The van der Waals surface area contributed by atoms with Gasteiger partial charge < -0.3 is 10.4 Å². The highest BCUT2D eigenvalue weighted by molar-refractivity contribution is 5.87. The third-order valence-electron chi connectivity index (χ3n) is 3.14. The zero-order valence-corrected chi connectivity index (χ0v) is 14.9. The molecule has 0 aromatic heterocycles. The third-order valence-corrected chi connectivity index (χ3v) is 3.14. The fourth-order valence-electron chi connectivity index (χ4n) is 1.79. The van der Waals surface area contributed by atoms with Crippen LogP contribution in [-0.2, 0) is 4.79 Å². The Labute approximate surface area is 141 Å². The first-order valence-corrected chi connectivity index (χ1v) is 8.68. The van der Waals surface area contributed by atoms with E-state index in [9.17, 15) is 9.90 Å². The van der Waals surface area contributed by atoms with Crippen LogP contribution in [0.3, 0.4) is 0 Å². The Morgan fingerprint density at radius 3 is 2.43 bits per heavy atom. The fraction of sp³-hybridized carbons (Fsp3) is 0.550. The first-order valence-electron chi connectivity index (χ1n) is 8.68. The molecule has 23 heavy (non-hydrogen) atoms. The van der Waals surface area contributed by atoms with E-state index in [0.717, 1.165) is 19.3 Å². The van der Waals surface area contributed by atoms with Crippen molar-refractivity contribution in [1.29, 1.82) is 0 Å². The molecule has 0 spiro atoms. The minimum Gasteiger partial charge on any atom is -0.389 e. The lowest BCUT2D eigenvalue weighted by Gasteiger charge is -2.03. The molecule has 0 fully saturated rings. The predicted molar refractivity (Wildman–Crippen MR) is 99.2 cm³/mol. The van der Waals surface area contributed by atoms with Crippen LogP contribution in [0.15, 0.2) is 48.6 Å². The van der Waals surface area contributed by atoms with E-state index in [0.29, 0.717) is 12.5 Å². The van der Waals surface area contributed by atoms with Gasteiger partial charge in [0.05, 0.1) is 6.10 Å². The van der Waals surface area contributed by atoms with Gasteiger partial charge in [-0.15, -0.1) is 0 Å². The van der Waals surface area contributed by atoms with E-state index in [1.165, 1.54) is 18.9 Å². The summed E-state index contributed by atoms with van der Waals surface area (Å²) in [6, 6.07) is 0. The largest absolute Gasteiger partial charge is 0.389 e. The molecule has 0 saturated carbocycles. The van der Waals surface area contributed by atoms with Crippen molar-refractivity contribution in [3.8, 4) is 0 Å². The van der Waals surface area contributed by atoms with Crippen LogP contribution in [0.25, 0.3) is 0 Å². The Morgan fingerprint density at radius 1 is 1.09 bits per heavy atom. The SMILES string of the molecule is CCCCCC(O)C=CC=CCC=CC=CC(=O)NCC(C)C. The number of amides is 1. The van der Waals surface area contributed by atoms with E-state index in [2.05, 4.69) is 26.1 Å². The molecule has 0 radical (unpaired) electrons. The van der Waals surface area contributed by atoms with Gasteiger partial charge in [0, 0.05) is 12.6 Å². The molecule has 1 unspecified atom stereocenters. The highest BCUT2D eigenvalue weighted by Crippen LogP contribution is 2.04. The number of carbonyl (C=O) groups is 1. The van der Waals surface area contributed by atoms with Crippen molar-refractivity contribution in [2.45, 2.75) is 59.0 Å². The maximum Gasteiger partial charge on any atom is 0.243 e. The summed E-state index contributed by atoms with van der Waals surface area (Å²) < 4.78 is 0. The predicted octanol–water partition coefficient (Wildman–Crippen LogP) is 4.31. The zero-order chi connectivity index (χ0) is 17.3. The van der Waals surface area contributed by atoms with Crippen molar-refractivity contribution in [1.82, 2.24) is 5.32 Å². The Hall–Kier alpha value is -1.61. The van der Waals surface area contributed by atoms with Gasteiger partial charge in [-0.25, -0.2) is 0 Å². The summed E-state index contributed by atoms with van der Waals surface area (Å²) >= 11 is 0. The van der Waals surface area contributed by atoms with Gasteiger partial charge in [0.1, 0.15) is 0 Å². The van der Waals surface area contributed by atoms with Crippen LogP contribution in [0.5, 0.6) is 0 Å². The Kier molecular flexibility index (Phi) is 14.2. The second-order valence-electron chi connectivity index (χ2n) is 6.04. The van der Waals surface area contributed by atoms with E-state index < -0.39 is 0 Å². The van der Waals surface area contributed by atoms with E-state index in [1.807, 2.05) is 36.5 Å². The minimum atomic E-state index is -0.339. The number of hydrogen-bond acceptors (Lipinski definition) is 2. The quantitative estimate of drug-likeness (QED) is 0.320. The van der Waals surface area contributed by atoms with Crippen LogP contribution < -0.4 is 5.32 Å². The number of aliphatic hydroxyl groups is 1. The van der Waals surface area contributed by atoms with Crippen molar-refractivity contribution in [3.05, 3.63) is 48.6 Å². The monoisotopic (exact) mass is 319 g/mol. The molecular weight excluding hydrogens is 286 g/mol. The normalized spacial score (nSPS) is 14.0. The molecule has 0 aliphatic rings. The van der Waals surface area contributed by atoms with Crippen LogP contribution in [0.4, 0.5) is 0 Å². The lowest BCUT2D eigenvalue weighted by Crippen LogP contribution is -2.25. The maximum atomic E-state index is 11.4. The third kappa shape index (κ3) is 16.6. The minimum absolute atomic E-state index is 0.0566. The molecule has 0 aromatic rings. The van der Waals surface area contributed by atoms with Gasteiger partial charge in [-0.05, 0) is 18.8 Å². The average molecular weight is 319 g/mol. The van der Waals surface area contributed by atoms with Crippen LogP contribution >= 0.6 is 0 Å². The lowest BCUT2D eigenvalue weighted by atomic mass is 10.1. The van der Waals surface area contributed by atoms with Gasteiger partial charge in [0.25, 0.3) is 0 Å². The van der Waals surface area contributed by atoms with Crippen molar-refractivity contribution in [2.24, 2.45) is 5.92 Å². The highest BCUT2D eigenvalue weighted by Gasteiger charge is 1.96. The molecule has 0 heterocycles. The number of carbonyl (C=O) groups excluding carboxylic acids is 1. The summed E-state index contributed by atoms with van der Waals surface area (Å²) in [5.41, 5.74) is 0. The van der Waals surface area contributed by atoms with Gasteiger partial charge in [-0.3, -0.25) is 4.79 Å². The first-order chi connectivity index (χ1) is 11.1. The van der Waals surface area contributed by atoms with Gasteiger partial charge in [-0.1, -0.05) is 82.6 Å². The Balaban J connectivity index is 3.77. The lowest BCUT2D eigenvalue weighted by molar-refractivity contribution is -0.116. The molecule has 0 aliphatic heterocycles. The number of rotatable bonds is 12. The zero-order valence-electron chi connectivity index (χ0n) is 14.9. The molecule has 1 atom stereocenters. The average Bonchev–Trinajstić information content (AvgIpc) is 2.51. The molecule has 0 rings (SSSR count). The number of nitrogens with one attached hydrogen (secondary N) is 1. The number of aliphatic hydroxyl groups excluding tert-OH is 1. The standard InChI is InChI=1S/C20H33NO2/c1-4-5-11-14-19(22)15-12-9-7-6-8-10-13-16-20(23)21-17-18(2)3/h7-10,12-13,15-16,18-19,22H,4-6,11,14,17H2,1-3H3,(H,21,23). The van der Waals surface area contributed by atoms with E-state index in [-0.39, 0.29) is 12.0 Å². The smallest absolute Gasteiger partial charge is 0.243 e. The highest BCUT2D eigenvalue weighted by atomic mass is 16.3. The van der Waals surface area contributed by atoms with Gasteiger partial charge in [-0.2, -0.15) is 0 Å². The summed E-state index contributed by atoms with van der Waals surface area (Å²) in [7, 11) is 0. The molecule has 130 valence electrons. The molecule has 0 aliphatic carbocycles. The van der Waals surface area contributed by atoms with Gasteiger partial charge in [0.15, 0.2) is 0 Å². The van der Waals surface area contributed by atoms with Crippen molar-refractivity contribution >= 4 is 5.91 Å². The van der Waals surface area contributed by atoms with Crippen LogP contribution in [0, 0.1) is 5.92 Å². The topological polar surface area (TPSA) is 49.3 Å². The Bertz CT molecular complexity index is 406. The summed E-state index contributed by atoms with van der Waals surface area (Å²) in [5, 5.41) is 12.5. The van der Waals surface area contributed by atoms with Gasteiger partial charge >= 0.3 is 0 Å². The molecule has 3 nitrogen and oxygen atoms in total. The van der Waals surface area contributed by atoms with Crippen molar-refractivity contribution in [2.75, 3.05) is 6.54 Å². The van der Waals surface area contributed by atoms with Crippen LogP contribution in [-0.4, -0.2) is 23.7 Å². The van der Waals surface area contributed by atoms with Crippen molar-refractivity contribution in [3.63, 3.8) is 0 Å². The summed E-state index contributed by atoms with van der Waals surface area (Å²) in [6.45, 7) is 6.99. The Morgan fingerprint density at radius 2 is 1.78 bits per heavy atom. The van der Waals surface area contributed by atoms with Crippen LogP contribution in [0.2, 0.25) is 0 Å². The molecular formula is C20H33NO2. The van der Waals surface area contributed by atoms with E-state index in [1.54, 1.807) is 6.08 Å². The van der Waals surface area contributed by atoms with Gasteiger partial charge in [0.2, 0.25) is 5.91 Å². The molecule has 0 saturated heterocycles. The second-order valence-corrected chi connectivity index (χ2v) is 6.04. The summed E-state index contributed by atoms with van der Waals surface area (Å²) in [5.74, 6) is 0.408. The second kappa shape index (κ2) is 15.3. The summed E-state index contributed by atoms with van der Waals surface area (Å²) in [4.78, 5) is 11.4. The van der Waals surface area contributed by atoms with E-state index >= 15 is 0 Å². The number of allylic oxidation sites excluding steroid dienone is 6. The van der Waals surface area contributed by atoms with Crippen molar-refractivity contribution < 1.29 is 9.90 Å². The molecule has 0 aromatic carbocycles. The molecule has 3 heteroatoms. The summed E-state index contributed by atoms with van der Waals surface area (Å²) in [6.07, 6.45) is 19.5. The molecule has 0 bridgehead atoms. The molecule has 2 N–H and O–H groups in total. The molecule has 1 amide bonds.